The number of nitrogens with zero attached hydrogens (tertiary/aromatic N) is 2. The summed E-state index contributed by atoms with van der Waals surface area (Å²) in [7, 11) is 0. The second-order valence-electron chi connectivity index (χ2n) is 2.37. The molecule has 0 aliphatic carbocycles. The van der Waals surface area contributed by atoms with Crippen LogP contribution >= 0.6 is 0 Å². The van der Waals surface area contributed by atoms with E-state index in [1.807, 2.05) is 0 Å². The summed E-state index contributed by atoms with van der Waals surface area (Å²) in [6.07, 6.45) is 0.198. The quantitative estimate of drug-likeness (QED) is 0.626. The Morgan fingerprint density at radius 2 is 2.17 bits per heavy atom. The van der Waals surface area contributed by atoms with E-state index in [9.17, 15) is 12.9 Å². The molecule has 1 aromatic rings. The van der Waals surface area contributed by atoms with Crippen LogP contribution < -0.4 is 0 Å². The molecule has 2 nitrogen and oxygen atoms in total. The molecule has 1 aromatic heterocycles. The molecule has 0 N–H and O–H groups in total. The average molecular weight is 173 g/mol. The molecule has 0 fully saturated rings. The van der Waals surface area contributed by atoms with Gasteiger partial charge in [-0.15, -0.1) is 0 Å². The van der Waals surface area contributed by atoms with Gasteiger partial charge in [-0.25, -0.2) is 0 Å². The summed E-state index contributed by atoms with van der Waals surface area (Å²) in [6.45, 7) is -4.87. The van der Waals surface area contributed by atoms with Crippen molar-refractivity contribution in [3.8, 4) is 6.07 Å². The minimum Gasteiger partial charge on any atom is -0.448 e. The SMILES string of the molecule is N#Cc1cccn1C[B-](F)(F)F. The molecule has 0 aliphatic heterocycles. The topological polar surface area (TPSA) is 28.7 Å². The van der Waals surface area contributed by atoms with Crippen molar-refractivity contribution in [2.75, 3.05) is 0 Å². The molecular weight excluding hydrogens is 168 g/mol. The van der Waals surface area contributed by atoms with Crippen LogP contribution in [0.15, 0.2) is 18.3 Å². The average Bonchev–Trinajstić information content (AvgIpc) is 2.31. The Morgan fingerprint density at radius 1 is 1.50 bits per heavy atom. The van der Waals surface area contributed by atoms with Crippen molar-refractivity contribution in [3.05, 3.63) is 24.0 Å². The maximum Gasteiger partial charge on any atom is 0.497 e. The second-order valence-corrected chi connectivity index (χ2v) is 2.37. The van der Waals surface area contributed by atoms with Gasteiger partial charge < -0.3 is 17.5 Å². The summed E-state index contributed by atoms with van der Waals surface area (Å²) in [5, 5.41) is 8.37. The van der Waals surface area contributed by atoms with Gasteiger partial charge in [0.25, 0.3) is 0 Å². The molecule has 6 heteroatoms. The number of aromatic nitrogens is 1. The summed E-state index contributed by atoms with van der Waals surface area (Å²) in [5.74, 6) is 0. The Balaban J connectivity index is 2.84. The smallest absolute Gasteiger partial charge is 0.448 e. The third-order valence-corrected chi connectivity index (χ3v) is 1.35. The number of nitriles is 1. The first-order valence-electron chi connectivity index (χ1n) is 3.29. The standard InChI is InChI=1S/C6H5BF3N2/c8-7(9,10)5-12-3-1-2-6(12)4-11/h1-3H,5H2/q-1. The van der Waals surface area contributed by atoms with Gasteiger partial charge >= 0.3 is 6.98 Å². The lowest BCUT2D eigenvalue weighted by molar-refractivity contribution is 0.445. The molecule has 12 heavy (non-hydrogen) atoms. The van der Waals surface area contributed by atoms with Gasteiger partial charge in [0.2, 0.25) is 0 Å². The maximum atomic E-state index is 11.9. The molecule has 0 aliphatic rings. The molecule has 0 aromatic carbocycles. The van der Waals surface area contributed by atoms with E-state index in [1.165, 1.54) is 18.3 Å². The summed E-state index contributed by atoms with van der Waals surface area (Å²) in [5.41, 5.74) is 0.0363. The summed E-state index contributed by atoms with van der Waals surface area (Å²) < 4.78 is 36.5. The molecule has 0 amide bonds. The molecule has 64 valence electrons. The van der Waals surface area contributed by atoms with Crippen LogP contribution in [0.4, 0.5) is 12.9 Å². The van der Waals surface area contributed by atoms with Gasteiger partial charge in [-0.05, 0) is 18.6 Å². The zero-order valence-corrected chi connectivity index (χ0v) is 6.04. The fourth-order valence-corrected chi connectivity index (χ4v) is 0.898. The van der Waals surface area contributed by atoms with Crippen molar-refractivity contribution in [2.24, 2.45) is 0 Å². The second kappa shape index (κ2) is 2.93. The Kier molecular flexibility index (Phi) is 2.13. The Hall–Kier alpha value is -1.38. The first-order chi connectivity index (χ1) is 5.53. The minimum atomic E-state index is -4.87. The van der Waals surface area contributed by atoms with Crippen molar-refractivity contribution in [1.29, 1.82) is 5.26 Å². The molecular formula is C6H5BF3N2-. The summed E-state index contributed by atoms with van der Waals surface area (Å²) >= 11 is 0. The van der Waals surface area contributed by atoms with Gasteiger partial charge in [0.15, 0.2) is 0 Å². The van der Waals surface area contributed by atoms with Crippen molar-refractivity contribution >= 4 is 6.98 Å². The molecule has 0 unspecified atom stereocenters. The van der Waals surface area contributed by atoms with Crippen LogP contribution in [0, 0.1) is 11.3 Å². The normalized spacial score (nSPS) is 11.2. The van der Waals surface area contributed by atoms with Crippen molar-refractivity contribution in [2.45, 2.75) is 6.44 Å². The van der Waals surface area contributed by atoms with E-state index in [1.54, 1.807) is 6.07 Å². The van der Waals surface area contributed by atoms with Gasteiger partial charge in [-0.1, -0.05) is 0 Å². The number of hydrogen-bond acceptors (Lipinski definition) is 1. The highest BCUT2D eigenvalue weighted by Crippen LogP contribution is 2.13. The summed E-state index contributed by atoms with van der Waals surface area (Å²) in [6, 6.07) is 4.44. The van der Waals surface area contributed by atoms with E-state index in [0.717, 1.165) is 4.57 Å². The highest BCUT2D eigenvalue weighted by molar-refractivity contribution is 6.57. The lowest BCUT2D eigenvalue weighted by Crippen LogP contribution is -2.24. The third kappa shape index (κ3) is 2.05. The van der Waals surface area contributed by atoms with E-state index in [0.29, 0.717) is 0 Å². The van der Waals surface area contributed by atoms with Crippen LogP contribution in [0.2, 0.25) is 0 Å². The fraction of sp³-hybridized carbons (Fsp3) is 0.167. The fourth-order valence-electron chi connectivity index (χ4n) is 0.898. The Bertz CT molecular complexity index is 309. The monoisotopic (exact) mass is 173 g/mol. The van der Waals surface area contributed by atoms with Gasteiger partial charge in [-0.3, -0.25) is 0 Å². The highest BCUT2D eigenvalue weighted by atomic mass is 19.4. The third-order valence-electron chi connectivity index (χ3n) is 1.35. The van der Waals surface area contributed by atoms with Crippen LogP contribution in [0.5, 0.6) is 0 Å². The number of rotatable bonds is 2. The Morgan fingerprint density at radius 3 is 2.67 bits per heavy atom. The molecule has 0 saturated carbocycles. The molecule has 1 rings (SSSR count). The number of hydrogen-bond donors (Lipinski definition) is 0. The summed E-state index contributed by atoms with van der Waals surface area (Å²) in [4.78, 5) is 0. The molecule has 0 atom stereocenters. The largest absolute Gasteiger partial charge is 0.497 e. The predicted octanol–water partition coefficient (Wildman–Crippen LogP) is 1.75. The maximum absolute atomic E-state index is 11.9. The van der Waals surface area contributed by atoms with Crippen LogP contribution in [0.25, 0.3) is 0 Å². The van der Waals surface area contributed by atoms with E-state index in [4.69, 9.17) is 5.26 Å². The van der Waals surface area contributed by atoms with Gasteiger partial charge in [-0.2, -0.15) is 5.26 Å². The van der Waals surface area contributed by atoms with E-state index in [-0.39, 0.29) is 5.69 Å². The van der Waals surface area contributed by atoms with E-state index < -0.39 is 13.4 Å². The molecule has 1 heterocycles. The molecule has 0 bridgehead atoms. The van der Waals surface area contributed by atoms with Gasteiger partial charge in [0.1, 0.15) is 11.8 Å². The van der Waals surface area contributed by atoms with Gasteiger partial charge in [0.05, 0.1) is 0 Å². The van der Waals surface area contributed by atoms with E-state index in [2.05, 4.69) is 0 Å². The first-order valence-corrected chi connectivity index (χ1v) is 3.29. The molecule has 0 spiro atoms. The van der Waals surface area contributed by atoms with Crippen LogP contribution in [0.3, 0.4) is 0 Å². The Labute approximate surface area is 67.3 Å². The highest BCUT2D eigenvalue weighted by Gasteiger charge is 2.24. The van der Waals surface area contributed by atoms with Crippen molar-refractivity contribution in [1.82, 2.24) is 4.57 Å². The zero-order chi connectivity index (χ0) is 9.19. The minimum absolute atomic E-state index is 0.0363. The van der Waals surface area contributed by atoms with Crippen LogP contribution in [0.1, 0.15) is 5.69 Å². The van der Waals surface area contributed by atoms with Crippen LogP contribution in [-0.2, 0) is 6.44 Å². The van der Waals surface area contributed by atoms with E-state index >= 15 is 0 Å². The van der Waals surface area contributed by atoms with Crippen molar-refractivity contribution < 1.29 is 12.9 Å². The first kappa shape index (κ1) is 8.72. The number of halogens is 3. The molecule has 0 radical (unpaired) electrons. The van der Waals surface area contributed by atoms with Gasteiger partial charge in [0, 0.05) is 6.20 Å². The zero-order valence-electron chi connectivity index (χ0n) is 6.04. The molecule has 0 saturated heterocycles. The van der Waals surface area contributed by atoms with Crippen molar-refractivity contribution in [3.63, 3.8) is 0 Å². The lowest BCUT2D eigenvalue weighted by Gasteiger charge is -2.14. The van der Waals surface area contributed by atoms with Crippen LogP contribution in [-0.4, -0.2) is 11.5 Å². The predicted molar refractivity (Wildman–Crippen MR) is 38.2 cm³/mol. The lowest BCUT2D eigenvalue weighted by atomic mass is 9.92.